The van der Waals surface area contributed by atoms with Gasteiger partial charge in [-0.15, -0.1) is 0 Å². The van der Waals surface area contributed by atoms with Gasteiger partial charge < -0.3 is 11.5 Å². The van der Waals surface area contributed by atoms with Crippen molar-refractivity contribution in [1.82, 2.24) is 15.0 Å². The molecular weight excluding hydrogens is 226 g/mol. The average molecular weight is 237 g/mol. The number of anilines is 2. The Morgan fingerprint density at radius 1 is 1.00 bits per heavy atom. The number of nitrogens with two attached hydrogens (primary N) is 2. The van der Waals surface area contributed by atoms with E-state index in [1.54, 1.807) is 12.4 Å². The molecule has 0 spiro atoms. The van der Waals surface area contributed by atoms with Crippen molar-refractivity contribution >= 4 is 22.4 Å². The van der Waals surface area contributed by atoms with E-state index in [1.807, 2.05) is 24.3 Å². The van der Waals surface area contributed by atoms with Crippen LogP contribution in [0.25, 0.3) is 22.0 Å². The van der Waals surface area contributed by atoms with Crippen molar-refractivity contribution in [2.24, 2.45) is 0 Å². The van der Waals surface area contributed by atoms with E-state index in [0.29, 0.717) is 11.5 Å². The van der Waals surface area contributed by atoms with Gasteiger partial charge in [0, 0.05) is 17.1 Å². The van der Waals surface area contributed by atoms with Crippen LogP contribution in [0.3, 0.4) is 0 Å². The van der Waals surface area contributed by atoms with E-state index < -0.39 is 0 Å². The fourth-order valence-corrected chi connectivity index (χ4v) is 1.91. The first kappa shape index (κ1) is 10.5. The van der Waals surface area contributed by atoms with Gasteiger partial charge in [0.15, 0.2) is 0 Å². The zero-order valence-corrected chi connectivity index (χ0v) is 9.54. The molecule has 4 N–H and O–H groups in total. The molecule has 1 aromatic carbocycles. The number of nitrogens with zero attached hydrogens (tertiary/aromatic N) is 3. The van der Waals surface area contributed by atoms with Gasteiger partial charge >= 0.3 is 0 Å². The van der Waals surface area contributed by atoms with Gasteiger partial charge in [0.25, 0.3) is 0 Å². The second kappa shape index (κ2) is 3.96. The molecule has 0 bridgehead atoms. The molecule has 0 atom stereocenters. The van der Waals surface area contributed by atoms with Crippen LogP contribution in [0.4, 0.5) is 11.5 Å². The summed E-state index contributed by atoms with van der Waals surface area (Å²) in [4.78, 5) is 12.1. The van der Waals surface area contributed by atoms with E-state index in [2.05, 4.69) is 15.0 Å². The standard InChI is InChI=1S/C13H11N5/c14-11-6-16-4-3-9(11)8-1-2-12-10(5-8)13(15)18-7-17-12/h1-7H,14H2,(H2,15,17,18). The highest BCUT2D eigenvalue weighted by atomic mass is 14.9. The summed E-state index contributed by atoms with van der Waals surface area (Å²) in [6.07, 6.45) is 4.79. The summed E-state index contributed by atoms with van der Waals surface area (Å²) in [5, 5.41) is 0.825. The highest BCUT2D eigenvalue weighted by Crippen LogP contribution is 2.28. The molecule has 2 heterocycles. The van der Waals surface area contributed by atoms with E-state index in [0.717, 1.165) is 22.0 Å². The molecule has 0 aliphatic rings. The zero-order chi connectivity index (χ0) is 12.5. The van der Waals surface area contributed by atoms with Crippen molar-refractivity contribution in [1.29, 1.82) is 0 Å². The van der Waals surface area contributed by atoms with Gasteiger partial charge in [0.2, 0.25) is 0 Å². The molecule has 0 aliphatic heterocycles. The van der Waals surface area contributed by atoms with Crippen LogP contribution < -0.4 is 11.5 Å². The molecule has 88 valence electrons. The van der Waals surface area contributed by atoms with Gasteiger partial charge in [-0.05, 0) is 23.8 Å². The van der Waals surface area contributed by atoms with Crippen LogP contribution in [0, 0.1) is 0 Å². The molecule has 18 heavy (non-hydrogen) atoms. The van der Waals surface area contributed by atoms with Crippen LogP contribution >= 0.6 is 0 Å². The van der Waals surface area contributed by atoms with Gasteiger partial charge in [-0.25, -0.2) is 9.97 Å². The highest BCUT2D eigenvalue weighted by Gasteiger charge is 2.05. The van der Waals surface area contributed by atoms with Crippen LogP contribution in [-0.2, 0) is 0 Å². The predicted molar refractivity (Wildman–Crippen MR) is 71.6 cm³/mol. The molecule has 0 amide bonds. The quantitative estimate of drug-likeness (QED) is 0.674. The van der Waals surface area contributed by atoms with E-state index in [1.165, 1.54) is 6.33 Å². The number of rotatable bonds is 1. The maximum Gasteiger partial charge on any atom is 0.134 e. The minimum atomic E-state index is 0.467. The first-order valence-corrected chi connectivity index (χ1v) is 5.46. The summed E-state index contributed by atoms with van der Waals surface area (Å²) < 4.78 is 0. The van der Waals surface area contributed by atoms with Crippen LogP contribution in [0.1, 0.15) is 0 Å². The van der Waals surface area contributed by atoms with Crippen LogP contribution in [0.5, 0.6) is 0 Å². The molecule has 0 aliphatic carbocycles. The third-order valence-corrected chi connectivity index (χ3v) is 2.83. The minimum Gasteiger partial charge on any atom is -0.397 e. The lowest BCUT2D eigenvalue weighted by Crippen LogP contribution is -1.94. The number of hydrogen-bond donors (Lipinski definition) is 2. The van der Waals surface area contributed by atoms with Crippen molar-refractivity contribution < 1.29 is 0 Å². The van der Waals surface area contributed by atoms with Crippen molar-refractivity contribution in [2.45, 2.75) is 0 Å². The first-order valence-electron chi connectivity index (χ1n) is 5.46. The number of nitrogen functional groups attached to an aromatic ring is 2. The molecule has 0 saturated heterocycles. The van der Waals surface area contributed by atoms with E-state index in [-0.39, 0.29) is 0 Å². The lowest BCUT2D eigenvalue weighted by Gasteiger charge is -2.07. The number of benzene rings is 1. The Labute approximate surface area is 104 Å². The predicted octanol–water partition coefficient (Wildman–Crippen LogP) is 1.86. The Bertz CT molecular complexity index is 723. The minimum absolute atomic E-state index is 0.467. The largest absolute Gasteiger partial charge is 0.397 e. The SMILES string of the molecule is Nc1cnccc1-c1ccc2ncnc(N)c2c1. The second-order valence-corrected chi connectivity index (χ2v) is 3.95. The molecule has 2 aromatic heterocycles. The van der Waals surface area contributed by atoms with E-state index in [9.17, 15) is 0 Å². The lowest BCUT2D eigenvalue weighted by atomic mass is 10.0. The van der Waals surface area contributed by atoms with Gasteiger partial charge in [-0.3, -0.25) is 4.98 Å². The molecule has 3 aromatic rings. The number of aromatic nitrogens is 3. The topological polar surface area (TPSA) is 90.7 Å². The maximum absolute atomic E-state index is 5.91. The summed E-state index contributed by atoms with van der Waals surface area (Å²) >= 11 is 0. The lowest BCUT2D eigenvalue weighted by molar-refractivity contribution is 1.23. The van der Waals surface area contributed by atoms with Gasteiger partial charge in [-0.1, -0.05) is 6.07 Å². The van der Waals surface area contributed by atoms with Crippen molar-refractivity contribution in [2.75, 3.05) is 11.5 Å². The number of fused-ring (bicyclic) bond motifs is 1. The second-order valence-electron chi connectivity index (χ2n) is 3.95. The summed E-state index contributed by atoms with van der Waals surface area (Å²) in [5.74, 6) is 0.467. The maximum atomic E-state index is 5.91. The summed E-state index contributed by atoms with van der Waals surface area (Å²) in [7, 11) is 0. The summed E-state index contributed by atoms with van der Waals surface area (Å²) in [5.41, 5.74) is 15.1. The van der Waals surface area contributed by atoms with Crippen molar-refractivity contribution in [3.63, 3.8) is 0 Å². The monoisotopic (exact) mass is 237 g/mol. The highest BCUT2D eigenvalue weighted by molar-refractivity contribution is 5.92. The van der Waals surface area contributed by atoms with Gasteiger partial charge in [0.1, 0.15) is 12.1 Å². The molecule has 0 radical (unpaired) electrons. The first-order chi connectivity index (χ1) is 8.75. The molecule has 0 fully saturated rings. The van der Waals surface area contributed by atoms with E-state index >= 15 is 0 Å². The molecule has 3 rings (SSSR count). The van der Waals surface area contributed by atoms with E-state index in [4.69, 9.17) is 11.5 Å². The number of hydrogen-bond acceptors (Lipinski definition) is 5. The fourth-order valence-electron chi connectivity index (χ4n) is 1.91. The fraction of sp³-hybridized carbons (Fsp3) is 0. The van der Waals surface area contributed by atoms with Crippen LogP contribution in [0.2, 0.25) is 0 Å². The molecule has 5 nitrogen and oxygen atoms in total. The zero-order valence-electron chi connectivity index (χ0n) is 9.54. The van der Waals surface area contributed by atoms with Gasteiger partial charge in [-0.2, -0.15) is 0 Å². The van der Waals surface area contributed by atoms with Crippen LogP contribution in [-0.4, -0.2) is 15.0 Å². The number of pyridine rings is 1. The van der Waals surface area contributed by atoms with Crippen molar-refractivity contribution in [3.8, 4) is 11.1 Å². The summed E-state index contributed by atoms with van der Waals surface area (Å²) in [6, 6.07) is 7.68. The Morgan fingerprint density at radius 2 is 1.89 bits per heavy atom. The molecular formula is C13H11N5. The van der Waals surface area contributed by atoms with Gasteiger partial charge in [0.05, 0.1) is 17.4 Å². The molecule has 0 unspecified atom stereocenters. The molecule has 5 heteroatoms. The Hall–Kier alpha value is -2.69. The van der Waals surface area contributed by atoms with Crippen molar-refractivity contribution in [3.05, 3.63) is 43.0 Å². The third kappa shape index (κ3) is 1.62. The summed E-state index contributed by atoms with van der Waals surface area (Å²) in [6.45, 7) is 0. The normalized spacial score (nSPS) is 10.7. The molecule has 0 saturated carbocycles. The third-order valence-electron chi connectivity index (χ3n) is 2.83. The Kier molecular flexibility index (Phi) is 2.30. The Balaban J connectivity index is 2.26. The van der Waals surface area contributed by atoms with Crippen LogP contribution in [0.15, 0.2) is 43.0 Å². The smallest absolute Gasteiger partial charge is 0.134 e. The Morgan fingerprint density at radius 3 is 2.72 bits per heavy atom. The average Bonchev–Trinajstić information content (AvgIpc) is 2.40.